The molecule has 0 bridgehead atoms. The Morgan fingerprint density at radius 3 is 2.65 bits per heavy atom. The van der Waals surface area contributed by atoms with Crippen LogP contribution in [0.2, 0.25) is 0 Å². The van der Waals surface area contributed by atoms with Gasteiger partial charge < -0.3 is 15.0 Å². The molecule has 138 valence electrons. The lowest BCUT2D eigenvalue weighted by Crippen LogP contribution is -2.45. The Labute approximate surface area is 155 Å². The van der Waals surface area contributed by atoms with E-state index in [-0.39, 0.29) is 6.54 Å². The Bertz CT molecular complexity index is 930. The summed E-state index contributed by atoms with van der Waals surface area (Å²) in [6.45, 7) is -0.165. The van der Waals surface area contributed by atoms with E-state index in [1.54, 1.807) is 12.1 Å². The first-order chi connectivity index (χ1) is 12.2. The first-order valence-corrected chi connectivity index (χ1v) is 8.43. The van der Waals surface area contributed by atoms with Gasteiger partial charge in [0.1, 0.15) is 18.0 Å². The van der Waals surface area contributed by atoms with Crippen LogP contribution in [0.4, 0.5) is 19.0 Å². The number of aliphatic hydroxyl groups is 1. The number of nitrogens with zero attached hydrogens (tertiary/aromatic N) is 4. The van der Waals surface area contributed by atoms with Crippen LogP contribution in [0.1, 0.15) is 12.2 Å². The third-order valence-electron chi connectivity index (χ3n) is 4.04. The number of rotatable bonds is 5. The second-order valence-electron chi connectivity index (χ2n) is 5.78. The zero-order valence-electron chi connectivity index (χ0n) is 13.6. The first kappa shape index (κ1) is 18.6. The van der Waals surface area contributed by atoms with Crippen molar-refractivity contribution >= 4 is 32.7 Å². The number of hydrogen-bond donors (Lipinski definition) is 2. The highest BCUT2D eigenvalue weighted by Crippen LogP contribution is 2.40. The third kappa shape index (κ3) is 3.38. The van der Waals surface area contributed by atoms with Gasteiger partial charge >= 0.3 is 6.18 Å². The first-order valence-electron chi connectivity index (χ1n) is 7.63. The predicted octanol–water partition coefficient (Wildman–Crippen LogP) is 3.38. The summed E-state index contributed by atoms with van der Waals surface area (Å²) in [5, 5.41) is 13.9. The Morgan fingerprint density at radius 2 is 2.00 bits per heavy atom. The van der Waals surface area contributed by atoms with Crippen LogP contribution in [0.3, 0.4) is 0 Å². The van der Waals surface area contributed by atoms with E-state index in [0.29, 0.717) is 16.7 Å². The quantitative estimate of drug-likeness (QED) is 0.650. The van der Waals surface area contributed by atoms with Gasteiger partial charge in [-0.25, -0.2) is 15.0 Å². The zero-order chi connectivity index (χ0) is 18.9. The van der Waals surface area contributed by atoms with Crippen LogP contribution in [0.15, 0.2) is 41.4 Å². The predicted molar refractivity (Wildman–Crippen MR) is 93.5 cm³/mol. The fourth-order valence-electron chi connectivity index (χ4n) is 2.68. The Kier molecular flexibility index (Phi) is 4.89. The van der Waals surface area contributed by atoms with Crippen LogP contribution in [-0.2, 0) is 12.6 Å². The fraction of sp³-hybridized carbons (Fsp3) is 0.312. The summed E-state index contributed by atoms with van der Waals surface area (Å²) < 4.78 is 42.5. The Morgan fingerprint density at radius 1 is 1.23 bits per heavy atom. The van der Waals surface area contributed by atoms with Crippen molar-refractivity contribution in [2.45, 2.75) is 18.2 Å². The molecule has 0 saturated heterocycles. The molecule has 6 nitrogen and oxygen atoms in total. The van der Waals surface area contributed by atoms with E-state index in [1.807, 2.05) is 6.07 Å². The van der Waals surface area contributed by atoms with Crippen LogP contribution in [0.5, 0.6) is 0 Å². The second kappa shape index (κ2) is 6.84. The van der Waals surface area contributed by atoms with Gasteiger partial charge in [0.25, 0.3) is 0 Å². The second-order valence-corrected chi connectivity index (χ2v) is 6.70. The van der Waals surface area contributed by atoms with Gasteiger partial charge in [0.2, 0.25) is 5.60 Å². The number of halogens is 4. The van der Waals surface area contributed by atoms with Crippen molar-refractivity contribution in [2.75, 3.05) is 11.9 Å². The van der Waals surface area contributed by atoms with Gasteiger partial charge in [-0.3, -0.25) is 0 Å². The summed E-state index contributed by atoms with van der Waals surface area (Å²) in [5.41, 5.74) is -2.41. The number of imidazole rings is 1. The van der Waals surface area contributed by atoms with Crippen molar-refractivity contribution in [2.24, 2.45) is 7.05 Å². The van der Waals surface area contributed by atoms with Crippen LogP contribution in [0.25, 0.3) is 10.9 Å². The van der Waals surface area contributed by atoms with Crippen molar-refractivity contribution in [1.29, 1.82) is 0 Å². The van der Waals surface area contributed by atoms with Crippen LogP contribution in [0, 0.1) is 0 Å². The molecule has 3 rings (SSSR count). The molecule has 0 aliphatic carbocycles. The van der Waals surface area contributed by atoms with E-state index in [2.05, 4.69) is 36.2 Å². The fourth-order valence-corrected chi connectivity index (χ4v) is 3.04. The minimum Gasteiger partial charge on any atom is -0.374 e. The topological polar surface area (TPSA) is 75.9 Å². The normalized spacial score (nSPS) is 14.4. The molecular weight excluding hydrogens is 415 g/mol. The molecule has 2 N–H and O–H groups in total. The van der Waals surface area contributed by atoms with Crippen molar-refractivity contribution in [3.63, 3.8) is 0 Å². The lowest BCUT2D eigenvalue weighted by molar-refractivity contribution is -0.271. The largest absolute Gasteiger partial charge is 0.424 e. The van der Waals surface area contributed by atoms with Gasteiger partial charge in [-0.2, -0.15) is 13.2 Å². The van der Waals surface area contributed by atoms with Crippen LogP contribution in [-0.4, -0.2) is 37.3 Å². The van der Waals surface area contributed by atoms with Crippen molar-refractivity contribution in [3.05, 3.63) is 47.2 Å². The number of anilines is 1. The molecule has 0 aliphatic rings. The van der Waals surface area contributed by atoms with Crippen LogP contribution >= 0.6 is 15.9 Å². The summed E-state index contributed by atoms with van der Waals surface area (Å²) in [7, 11) is 1.40. The van der Waals surface area contributed by atoms with Crippen molar-refractivity contribution in [3.8, 4) is 0 Å². The summed E-state index contributed by atoms with van der Waals surface area (Å²) in [5.74, 6) is -0.0669. The number of hydrogen-bond acceptors (Lipinski definition) is 5. The minimum atomic E-state index is -4.87. The lowest BCUT2D eigenvalue weighted by Gasteiger charge is -2.30. The van der Waals surface area contributed by atoms with E-state index in [1.165, 1.54) is 25.8 Å². The Hall–Kier alpha value is -2.20. The molecule has 26 heavy (non-hydrogen) atoms. The average molecular weight is 430 g/mol. The van der Waals surface area contributed by atoms with E-state index >= 15 is 0 Å². The smallest absolute Gasteiger partial charge is 0.374 e. The molecule has 3 aromatic rings. The molecular formula is C16H15BrF3N5O. The molecule has 0 radical (unpaired) electrons. The highest BCUT2D eigenvalue weighted by atomic mass is 79.9. The molecule has 1 unspecified atom stereocenters. The number of aryl methyl sites for hydroxylation is 1. The van der Waals surface area contributed by atoms with E-state index in [0.717, 1.165) is 9.04 Å². The lowest BCUT2D eigenvalue weighted by atomic mass is 9.97. The molecule has 0 spiro atoms. The molecule has 0 aliphatic heterocycles. The molecule has 10 heteroatoms. The molecule has 0 fully saturated rings. The number of benzene rings is 1. The third-order valence-corrected chi connectivity index (χ3v) is 4.53. The SMILES string of the molecule is Cn1ccnc1C(O)(CCNc1ncnc2ccc(Br)cc12)C(F)(F)F. The van der Waals surface area contributed by atoms with Gasteiger partial charge in [-0.1, -0.05) is 15.9 Å². The minimum absolute atomic E-state index is 0.165. The summed E-state index contributed by atoms with van der Waals surface area (Å²) >= 11 is 3.34. The molecule has 2 aromatic heterocycles. The van der Waals surface area contributed by atoms with Crippen molar-refractivity contribution < 1.29 is 18.3 Å². The van der Waals surface area contributed by atoms with Gasteiger partial charge in [-0.15, -0.1) is 0 Å². The summed E-state index contributed by atoms with van der Waals surface area (Å²) in [6, 6.07) is 5.35. The van der Waals surface area contributed by atoms with E-state index in [9.17, 15) is 18.3 Å². The number of nitrogens with one attached hydrogen (secondary N) is 1. The molecule has 2 heterocycles. The van der Waals surface area contributed by atoms with Gasteiger partial charge in [-0.05, 0) is 18.2 Å². The average Bonchev–Trinajstić information content (AvgIpc) is 3.00. The van der Waals surface area contributed by atoms with Gasteiger partial charge in [0, 0.05) is 42.3 Å². The monoisotopic (exact) mass is 429 g/mol. The summed E-state index contributed by atoms with van der Waals surface area (Å²) in [6.07, 6.45) is -1.59. The van der Waals surface area contributed by atoms with E-state index in [4.69, 9.17) is 0 Å². The molecule has 0 amide bonds. The van der Waals surface area contributed by atoms with E-state index < -0.39 is 24.0 Å². The Balaban J connectivity index is 1.84. The maximum atomic E-state index is 13.5. The number of fused-ring (bicyclic) bond motifs is 1. The number of alkyl halides is 3. The summed E-state index contributed by atoms with van der Waals surface area (Å²) in [4.78, 5) is 11.9. The van der Waals surface area contributed by atoms with Gasteiger partial charge in [0.15, 0.2) is 0 Å². The van der Waals surface area contributed by atoms with Gasteiger partial charge in [0.05, 0.1) is 5.52 Å². The highest BCUT2D eigenvalue weighted by Gasteiger charge is 2.57. The van der Waals surface area contributed by atoms with Crippen molar-refractivity contribution in [1.82, 2.24) is 19.5 Å². The highest BCUT2D eigenvalue weighted by molar-refractivity contribution is 9.10. The maximum Gasteiger partial charge on any atom is 0.424 e. The zero-order valence-corrected chi connectivity index (χ0v) is 15.2. The molecule has 0 saturated carbocycles. The van der Waals surface area contributed by atoms with Crippen LogP contribution < -0.4 is 5.32 Å². The molecule has 1 aromatic carbocycles. The standard InChI is InChI=1S/C16H15BrF3N5O/c1-25-7-6-22-14(25)15(26,16(18,19)20)4-5-21-13-11-8-10(17)2-3-12(11)23-9-24-13/h2-3,6-9,26H,4-5H2,1H3,(H,21,23,24). The molecule has 1 atom stereocenters. The number of aromatic nitrogens is 4. The maximum absolute atomic E-state index is 13.5.